The number of nitrogens with zero attached hydrogens (tertiary/aromatic N) is 3. The summed E-state index contributed by atoms with van der Waals surface area (Å²) in [6.45, 7) is 2.99. The third kappa shape index (κ3) is 3.98. The number of rotatable bonds is 4. The minimum atomic E-state index is -1.26. The monoisotopic (exact) mass is 391 g/mol. The number of aromatic nitrogens is 4. The zero-order chi connectivity index (χ0) is 20.4. The molecule has 0 spiro atoms. The molecule has 1 aliphatic rings. The van der Waals surface area contributed by atoms with Gasteiger partial charge < -0.3 is 14.8 Å². The van der Waals surface area contributed by atoms with Gasteiger partial charge in [0, 0.05) is 49.3 Å². The number of cyclic esters (lactones) is 2. The molecule has 2 aromatic heterocycles. The Morgan fingerprint density at radius 3 is 2.41 bits per heavy atom. The highest BCUT2D eigenvalue weighted by atomic mass is 16.7. The molecule has 1 aromatic carbocycles. The smallest absolute Gasteiger partial charge is 0.350 e. The normalized spacial score (nSPS) is 15.4. The summed E-state index contributed by atoms with van der Waals surface area (Å²) in [5.74, 6) is -1.58. The van der Waals surface area contributed by atoms with Gasteiger partial charge in [0.1, 0.15) is 0 Å². The first-order valence-corrected chi connectivity index (χ1v) is 8.78. The van der Waals surface area contributed by atoms with Crippen molar-refractivity contribution in [3.63, 3.8) is 0 Å². The van der Waals surface area contributed by atoms with Crippen LogP contribution >= 0.6 is 0 Å². The summed E-state index contributed by atoms with van der Waals surface area (Å²) >= 11 is 0. The van der Waals surface area contributed by atoms with Crippen molar-refractivity contribution in [2.24, 2.45) is 0 Å². The Balaban J connectivity index is 1.47. The van der Waals surface area contributed by atoms with Gasteiger partial charge in [-0.1, -0.05) is 0 Å². The summed E-state index contributed by atoms with van der Waals surface area (Å²) in [6, 6.07) is 10.9. The van der Waals surface area contributed by atoms with E-state index < -0.39 is 17.7 Å². The van der Waals surface area contributed by atoms with Crippen LogP contribution < -0.4 is 5.32 Å². The molecule has 9 heteroatoms. The molecule has 0 bridgehead atoms. The summed E-state index contributed by atoms with van der Waals surface area (Å²) in [5, 5.41) is 10.0. The molecule has 0 atom stereocenters. The molecular weight excluding hydrogens is 374 g/mol. The first-order valence-electron chi connectivity index (χ1n) is 8.78. The van der Waals surface area contributed by atoms with Crippen LogP contribution in [0.5, 0.6) is 0 Å². The molecule has 146 valence electrons. The van der Waals surface area contributed by atoms with Crippen molar-refractivity contribution >= 4 is 17.6 Å². The largest absolute Gasteiger partial charge is 0.419 e. The third-order valence-corrected chi connectivity index (χ3v) is 4.06. The van der Waals surface area contributed by atoms with Crippen molar-refractivity contribution < 1.29 is 19.1 Å². The molecule has 1 fully saturated rings. The Kier molecular flexibility index (Phi) is 4.55. The summed E-state index contributed by atoms with van der Waals surface area (Å²) in [5.41, 5.74) is 2.10. The predicted octanol–water partition coefficient (Wildman–Crippen LogP) is 2.67. The van der Waals surface area contributed by atoms with Gasteiger partial charge in [-0.2, -0.15) is 5.10 Å². The van der Waals surface area contributed by atoms with Crippen molar-refractivity contribution in [3.05, 3.63) is 60.6 Å². The van der Waals surface area contributed by atoms with Gasteiger partial charge in [-0.3, -0.25) is 10.1 Å². The lowest BCUT2D eigenvalue weighted by Gasteiger charge is -2.29. The number of anilines is 1. The van der Waals surface area contributed by atoms with Crippen molar-refractivity contribution in [3.8, 4) is 22.8 Å². The molecule has 3 aromatic rings. The van der Waals surface area contributed by atoms with Crippen molar-refractivity contribution in [2.45, 2.75) is 19.6 Å². The fraction of sp³-hybridized carbons (Fsp3) is 0.150. The molecule has 1 saturated heterocycles. The number of hydrogen-bond acceptors (Lipinski definition) is 8. The fourth-order valence-corrected chi connectivity index (χ4v) is 2.67. The average Bonchev–Trinajstić information content (AvgIpc) is 3.18. The highest BCUT2D eigenvalue weighted by molar-refractivity contribution is 6.15. The molecule has 0 saturated carbocycles. The van der Waals surface area contributed by atoms with Crippen LogP contribution in [0.1, 0.15) is 13.8 Å². The van der Waals surface area contributed by atoms with Crippen molar-refractivity contribution in [2.75, 3.05) is 5.32 Å². The van der Waals surface area contributed by atoms with E-state index in [0.717, 1.165) is 11.1 Å². The molecular formula is C20H17N5O4. The zero-order valence-electron chi connectivity index (χ0n) is 15.7. The summed E-state index contributed by atoms with van der Waals surface area (Å²) in [7, 11) is 0. The van der Waals surface area contributed by atoms with Gasteiger partial charge in [-0.15, -0.1) is 0 Å². The maximum atomic E-state index is 11.9. The summed E-state index contributed by atoms with van der Waals surface area (Å²) < 4.78 is 10.1. The molecule has 0 radical (unpaired) electrons. The number of aromatic amines is 1. The van der Waals surface area contributed by atoms with Gasteiger partial charge in [0.25, 0.3) is 5.79 Å². The Morgan fingerprint density at radius 1 is 1.03 bits per heavy atom. The van der Waals surface area contributed by atoms with E-state index in [4.69, 9.17) is 9.47 Å². The number of benzene rings is 1. The number of H-pyrrole nitrogens is 1. The summed E-state index contributed by atoms with van der Waals surface area (Å²) in [4.78, 5) is 32.4. The number of esters is 2. The van der Waals surface area contributed by atoms with Crippen molar-refractivity contribution in [1.29, 1.82) is 0 Å². The number of ether oxygens (including phenoxy) is 2. The lowest BCUT2D eigenvalue weighted by Crippen LogP contribution is -2.42. The first kappa shape index (κ1) is 18.4. The zero-order valence-corrected chi connectivity index (χ0v) is 15.7. The van der Waals surface area contributed by atoms with E-state index in [2.05, 4.69) is 25.5 Å². The van der Waals surface area contributed by atoms with Crippen LogP contribution in [0, 0.1) is 0 Å². The molecule has 2 N–H and O–H groups in total. The minimum Gasteiger partial charge on any atom is -0.419 e. The maximum Gasteiger partial charge on any atom is 0.350 e. The lowest BCUT2D eigenvalue weighted by atomic mass is 10.2. The highest BCUT2D eigenvalue weighted by Crippen LogP contribution is 2.24. The number of pyridine rings is 1. The molecule has 9 nitrogen and oxygen atoms in total. The second kappa shape index (κ2) is 7.19. The van der Waals surface area contributed by atoms with E-state index in [0.29, 0.717) is 17.3 Å². The third-order valence-electron chi connectivity index (χ3n) is 4.06. The first-order chi connectivity index (χ1) is 13.9. The van der Waals surface area contributed by atoms with E-state index in [1.165, 1.54) is 20.0 Å². The van der Waals surface area contributed by atoms with Crippen LogP contribution in [-0.4, -0.2) is 37.9 Å². The van der Waals surface area contributed by atoms with E-state index in [1.807, 2.05) is 24.3 Å². The Hall–Kier alpha value is -4.01. The predicted molar refractivity (Wildman–Crippen MR) is 103 cm³/mol. The highest BCUT2D eigenvalue weighted by Gasteiger charge is 2.38. The van der Waals surface area contributed by atoms with Crippen LogP contribution in [0.15, 0.2) is 60.6 Å². The molecule has 0 amide bonds. The Labute approximate surface area is 165 Å². The van der Waals surface area contributed by atoms with Crippen LogP contribution in [0.3, 0.4) is 0 Å². The number of hydrogen-bond donors (Lipinski definition) is 2. The molecule has 4 rings (SSSR count). The van der Waals surface area contributed by atoms with Crippen LogP contribution in [0.2, 0.25) is 0 Å². The lowest BCUT2D eigenvalue weighted by molar-refractivity contribution is -0.222. The van der Waals surface area contributed by atoms with E-state index >= 15 is 0 Å². The molecule has 0 aliphatic carbocycles. The molecule has 29 heavy (non-hydrogen) atoms. The summed E-state index contributed by atoms with van der Waals surface area (Å²) in [6.07, 6.45) is 4.64. The number of nitrogens with one attached hydrogen (secondary N) is 2. The van der Waals surface area contributed by atoms with E-state index in [9.17, 15) is 9.59 Å². The van der Waals surface area contributed by atoms with Gasteiger partial charge >= 0.3 is 11.9 Å². The van der Waals surface area contributed by atoms with Gasteiger partial charge in [0.15, 0.2) is 17.2 Å². The maximum absolute atomic E-state index is 11.9. The Bertz CT molecular complexity index is 1070. The molecule has 1 aliphatic heterocycles. The van der Waals surface area contributed by atoms with Crippen LogP contribution in [0.4, 0.5) is 5.69 Å². The van der Waals surface area contributed by atoms with E-state index in [-0.39, 0.29) is 5.57 Å². The molecule has 3 heterocycles. The van der Waals surface area contributed by atoms with Crippen LogP contribution in [0.25, 0.3) is 22.8 Å². The second-order valence-corrected chi connectivity index (χ2v) is 6.71. The quantitative estimate of drug-likeness (QED) is 0.396. The van der Waals surface area contributed by atoms with Gasteiger partial charge in [-0.25, -0.2) is 14.6 Å². The van der Waals surface area contributed by atoms with E-state index in [1.54, 1.807) is 24.5 Å². The van der Waals surface area contributed by atoms with Crippen LogP contribution in [-0.2, 0) is 19.1 Å². The fourth-order valence-electron chi connectivity index (χ4n) is 2.67. The number of carbonyl (C=O) groups is 2. The second-order valence-electron chi connectivity index (χ2n) is 6.71. The van der Waals surface area contributed by atoms with Gasteiger partial charge in [-0.05, 0) is 36.4 Å². The minimum absolute atomic E-state index is 0.204. The standard InChI is InChI=1S/C20H17N5O4/c1-20(2)28-18(26)15(19(27)29-20)11-22-14-7-5-12(6-8-14)16-23-17(25-24-16)13-4-3-9-21-10-13/h3-11,22H,1-2H3,(H,23,24,25). The average molecular weight is 391 g/mol. The number of carbonyl (C=O) groups excluding carboxylic acids is 2. The van der Waals surface area contributed by atoms with Crippen molar-refractivity contribution in [1.82, 2.24) is 20.2 Å². The Morgan fingerprint density at radius 2 is 1.76 bits per heavy atom. The topological polar surface area (TPSA) is 119 Å². The van der Waals surface area contributed by atoms with Gasteiger partial charge in [0.05, 0.1) is 0 Å². The SMILES string of the molecule is CC1(C)OC(=O)C(=CNc2ccc(-c3nc(-c4cccnc4)n[nH]3)cc2)C(=O)O1. The molecule has 0 unspecified atom stereocenters. The van der Waals surface area contributed by atoms with Gasteiger partial charge in [0.2, 0.25) is 0 Å².